The van der Waals surface area contributed by atoms with E-state index in [1.54, 1.807) is 6.08 Å². The average molecular weight is 223 g/mol. The Kier molecular flexibility index (Phi) is 2.99. The molecule has 0 saturated heterocycles. The second-order valence-corrected chi connectivity index (χ2v) is 4.76. The van der Waals surface area contributed by atoms with Crippen molar-refractivity contribution >= 4 is 11.9 Å². The fourth-order valence-corrected chi connectivity index (χ4v) is 3.31. The van der Waals surface area contributed by atoms with Gasteiger partial charge in [-0.25, -0.2) is 0 Å². The van der Waals surface area contributed by atoms with Gasteiger partial charge in [0.2, 0.25) is 5.91 Å². The highest BCUT2D eigenvalue weighted by Crippen LogP contribution is 2.52. The van der Waals surface area contributed by atoms with Gasteiger partial charge in [-0.05, 0) is 31.1 Å². The first-order chi connectivity index (χ1) is 7.65. The van der Waals surface area contributed by atoms with Gasteiger partial charge in [-0.15, -0.1) is 6.58 Å². The largest absolute Gasteiger partial charge is 0.481 e. The van der Waals surface area contributed by atoms with E-state index in [0.29, 0.717) is 6.54 Å². The van der Waals surface area contributed by atoms with Gasteiger partial charge in [0, 0.05) is 6.54 Å². The van der Waals surface area contributed by atoms with Crippen molar-refractivity contribution in [3.63, 3.8) is 0 Å². The SMILES string of the molecule is C=CCNC(=O)[C@H]1[C@@H]2CC[C@@H](C2)[C@H]1C(=O)O. The monoisotopic (exact) mass is 223 g/mol. The van der Waals surface area contributed by atoms with Gasteiger partial charge in [0.05, 0.1) is 11.8 Å². The molecule has 2 aliphatic carbocycles. The van der Waals surface area contributed by atoms with E-state index in [9.17, 15) is 14.7 Å². The molecule has 0 aromatic carbocycles. The number of carboxylic acid groups (broad SMARTS) is 1. The maximum atomic E-state index is 11.9. The van der Waals surface area contributed by atoms with Gasteiger partial charge < -0.3 is 10.4 Å². The molecule has 0 aromatic heterocycles. The average Bonchev–Trinajstić information content (AvgIpc) is 2.84. The maximum Gasteiger partial charge on any atom is 0.307 e. The first-order valence-corrected chi connectivity index (χ1v) is 5.76. The Morgan fingerprint density at radius 3 is 2.50 bits per heavy atom. The third kappa shape index (κ3) is 1.72. The first-order valence-electron chi connectivity index (χ1n) is 5.76. The number of rotatable bonds is 4. The molecule has 2 N–H and O–H groups in total. The molecule has 4 nitrogen and oxygen atoms in total. The molecule has 0 spiro atoms. The number of amides is 1. The number of hydrogen-bond acceptors (Lipinski definition) is 2. The molecule has 1 amide bonds. The predicted molar refractivity (Wildman–Crippen MR) is 58.7 cm³/mol. The van der Waals surface area contributed by atoms with Crippen LogP contribution in [0.15, 0.2) is 12.7 Å². The maximum absolute atomic E-state index is 11.9. The zero-order valence-corrected chi connectivity index (χ0v) is 9.19. The van der Waals surface area contributed by atoms with Crippen LogP contribution >= 0.6 is 0 Å². The standard InChI is InChI=1S/C12H17NO3/c1-2-5-13-11(14)9-7-3-4-8(6-7)10(9)12(15)16/h2,7-10H,1,3-6H2,(H,13,14)(H,15,16)/t7-,8+,9+,10-/m1/s1. The number of carbonyl (C=O) groups excluding carboxylic acids is 1. The van der Waals surface area contributed by atoms with Crippen LogP contribution in [0.5, 0.6) is 0 Å². The van der Waals surface area contributed by atoms with Gasteiger partial charge in [0.1, 0.15) is 0 Å². The number of aliphatic carboxylic acids is 1. The lowest BCUT2D eigenvalue weighted by atomic mass is 9.79. The molecule has 2 fully saturated rings. The summed E-state index contributed by atoms with van der Waals surface area (Å²) in [5, 5.41) is 11.9. The second kappa shape index (κ2) is 4.28. The van der Waals surface area contributed by atoms with Crippen LogP contribution in [0.4, 0.5) is 0 Å². The number of carboxylic acids is 1. The summed E-state index contributed by atoms with van der Waals surface area (Å²) in [4.78, 5) is 23.1. The summed E-state index contributed by atoms with van der Waals surface area (Å²) in [6.45, 7) is 3.95. The number of hydrogen-bond donors (Lipinski definition) is 2. The van der Waals surface area contributed by atoms with Crippen molar-refractivity contribution in [3.05, 3.63) is 12.7 Å². The molecule has 88 valence electrons. The van der Waals surface area contributed by atoms with Gasteiger partial charge >= 0.3 is 5.97 Å². The Labute approximate surface area is 94.7 Å². The van der Waals surface area contributed by atoms with E-state index in [2.05, 4.69) is 11.9 Å². The van der Waals surface area contributed by atoms with Crippen LogP contribution in [0.1, 0.15) is 19.3 Å². The van der Waals surface area contributed by atoms with Crippen LogP contribution in [0.3, 0.4) is 0 Å². The topological polar surface area (TPSA) is 66.4 Å². The Morgan fingerprint density at radius 2 is 1.94 bits per heavy atom. The van der Waals surface area contributed by atoms with E-state index in [0.717, 1.165) is 19.3 Å². The van der Waals surface area contributed by atoms with E-state index in [1.807, 2.05) is 0 Å². The van der Waals surface area contributed by atoms with E-state index in [1.165, 1.54) is 0 Å². The summed E-state index contributed by atoms with van der Waals surface area (Å²) in [7, 11) is 0. The minimum atomic E-state index is -0.814. The van der Waals surface area contributed by atoms with Crippen LogP contribution in [-0.2, 0) is 9.59 Å². The zero-order chi connectivity index (χ0) is 11.7. The summed E-state index contributed by atoms with van der Waals surface area (Å²) < 4.78 is 0. The lowest BCUT2D eigenvalue weighted by Gasteiger charge is -2.26. The Morgan fingerprint density at radius 1 is 1.31 bits per heavy atom. The van der Waals surface area contributed by atoms with Gasteiger partial charge in [-0.1, -0.05) is 6.08 Å². The van der Waals surface area contributed by atoms with Crippen LogP contribution in [0.2, 0.25) is 0 Å². The molecule has 0 aromatic rings. The van der Waals surface area contributed by atoms with Gasteiger partial charge in [0.15, 0.2) is 0 Å². The number of fused-ring (bicyclic) bond motifs is 2. The van der Waals surface area contributed by atoms with Crippen LogP contribution in [0, 0.1) is 23.7 Å². The predicted octanol–water partition coefficient (Wildman–Crippen LogP) is 1.04. The third-order valence-electron chi connectivity index (χ3n) is 3.92. The van der Waals surface area contributed by atoms with Crippen molar-refractivity contribution in [3.8, 4) is 0 Å². The van der Waals surface area contributed by atoms with Crippen molar-refractivity contribution in [1.29, 1.82) is 0 Å². The minimum absolute atomic E-state index is 0.112. The summed E-state index contributed by atoms with van der Waals surface area (Å²) in [6.07, 6.45) is 4.48. The van der Waals surface area contributed by atoms with Crippen molar-refractivity contribution < 1.29 is 14.7 Å². The molecule has 4 heteroatoms. The molecule has 16 heavy (non-hydrogen) atoms. The molecule has 2 rings (SSSR count). The minimum Gasteiger partial charge on any atom is -0.481 e. The molecule has 0 aliphatic heterocycles. The molecular weight excluding hydrogens is 206 g/mol. The van der Waals surface area contributed by atoms with Gasteiger partial charge in [-0.2, -0.15) is 0 Å². The molecule has 0 unspecified atom stereocenters. The molecule has 2 bridgehead atoms. The van der Waals surface area contributed by atoms with Crippen LogP contribution in [0.25, 0.3) is 0 Å². The first kappa shape index (κ1) is 11.2. The quantitative estimate of drug-likeness (QED) is 0.700. The molecule has 2 aliphatic rings. The van der Waals surface area contributed by atoms with Gasteiger partial charge in [-0.3, -0.25) is 9.59 Å². The fourth-order valence-electron chi connectivity index (χ4n) is 3.31. The normalized spacial score (nSPS) is 36.0. The van der Waals surface area contributed by atoms with E-state index in [4.69, 9.17) is 0 Å². The van der Waals surface area contributed by atoms with Crippen molar-refractivity contribution in [2.24, 2.45) is 23.7 Å². The lowest BCUT2D eigenvalue weighted by molar-refractivity contribution is -0.149. The van der Waals surface area contributed by atoms with Crippen molar-refractivity contribution in [2.75, 3.05) is 6.54 Å². The number of carbonyl (C=O) groups is 2. The summed E-state index contributed by atoms with van der Waals surface area (Å²) in [6, 6.07) is 0. The summed E-state index contributed by atoms with van der Waals surface area (Å²) in [5.74, 6) is -1.23. The number of nitrogens with one attached hydrogen (secondary N) is 1. The smallest absolute Gasteiger partial charge is 0.307 e. The van der Waals surface area contributed by atoms with Crippen molar-refractivity contribution in [2.45, 2.75) is 19.3 Å². The molecule has 2 saturated carbocycles. The highest BCUT2D eigenvalue weighted by molar-refractivity contribution is 5.86. The second-order valence-electron chi connectivity index (χ2n) is 4.76. The molecule has 0 heterocycles. The van der Waals surface area contributed by atoms with E-state index in [-0.39, 0.29) is 23.7 Å². The van der Waals surface area contributed by atoms with Gasteiger partial charge in [0.25, 0.3) is 0 Å². The Hall–Kier alpha value is -1.32. The Bertz CT molecular complexity index is 326. The summed E-state index contributed by atoms with van der Waals surface area (Å²) >= 11 is 0. The van der Waals surface area contributed by atoms with E-state index < -0.39 is 11.9 Å². The molecule has 0 radical (unpaired) electrons. The van der Waals surface area contributed by atoms with Crippen LogP contribution < -0.4 is 5.32 Å². The Balaban J connectivity index is 2.09. The highest BCUT2D eigenvalue weighted by atomic mass is 16.4. The van der Waals surface area contributed by atoms with Crippen molar-refractivity contribution in [1.82, 2.24) is 5.32 Å². The zero-order valence-electron chi connectivity index (χ0n) is 9.19. The van der Waals surface area contributed by atoms with E-state index >= 15 is 0 Å². The lowest BCUT2D eigenvalue weighted by Crippen LogP contribution is -2.41. The molecule has 4 atom stereocenters. The fraction of sp³-hybridized carbons (Fsp3) is 0.667. The molecular formula is C12H17NO3. The van der Waals surface area contributed by atoms with Crippen LogP contribution in [-0.4, -0.2) is 23.5 Å². The highest BCUT2D eigenvalue weighted by Gasteiger charge is 2.53. The third-order valence-corrected chi connectivity index (χ3v) is 3.92. The summed E-state index contributed by atoms with van der Waals surface area (Å²) in [5.41, 5.74) is 0.